The van der Waals surface area contributed by atoms with Gasteiger partial charge in [0.2, 0.25) is 0 Å². The van der Waals surface area contributed by atoms with Gasteiger partial charge in [-0.3, -0.25) is 0 Å². The van der Waals surface area contributed by atoms with E-state index >= 15 is 0 Å². The molecule has 0 fully saturated rings. The highest BCUT2D eigenvalue weighted by Crippen LogP contribution is 2.42. The smallest absolute Gasteiger partial charge is 0.164 e. The molecule has 0 aliphatic rings. The number of thiazole rings is 1. The zero-order valence-electron chi connectivity index (χ0n) is 27.8. The number of thiophene rings is 1. The molecule has 4 nitrogen and oxygen atoms in total. The van der Waals surface area contributed by atoms with E-state index in [0.29, 0.717) is 17.5 Å². The summed E-state index contributed by atoms with van der Waals surface area (Å²) in [6, 6.07) is 59.3. The zero-order chi connectivity index (χ0) is 34.4. The van der Waals surface area contributed by atoms with Crippen LogP contribution < -0.4 is 0 Å². The van der Waals surface area contributed by atoms with Crippen molar-refractivity contribution < 1.29 is 0 Å². The standard InChI is InChI=1S/C46H28N4S2/c1-3-11-29(12-4-1)33-15-9-16-35(27-33)44-48-43(31-13-5-2-6-14-31)49-45(50-44)36-17-10-20-41-42(36)37-28-34(25-26-39(37)51-41)30-21-23-32(24-22-30)46-47-38-18-7-8-19-40(38)52-46/h1-28H. The first-order chi connectivity index (χ1) is 25.7. The number of para-hydroxylation sites is 1. The minimum Gasteiger partial charge on any atom is -0.236 e. The lowest BCUT2D eigenvalue weighted by Crippen LogP contribution is -2.00. The van der Waals surface area contributed by atoms with Crippen LogP contribution in [0.25, 0.3) is 97.4 Å². The van der Waals surface area contributed by atoms with Crippen molar-refractivity contribution in [2.24, 2.45) is 0 Å². The van der Waals surface area contributed by atoms with Crippen molar-refractivity contribution in [2.75, 3.05) is 0 Å². The summed E-state index contributed by atoms with van der Waals surface area (Å²) in [7, 11) is 0. The lowest BCUT2D eigenvalue weighted by molar-refractivity contribution is 1.08. The molecule has 3 heterocycles. The second kappa shape index (κ2) is 12.8. The maximum absolute atomic E-state index is 5.18. The number of nitrogens with zero attached hydrogens (tertiary/aromatic N) is 4. The molecule has 0 amide bonds. The first-order valence-corrected chi connectivity index (χ1v) is 18.8. The molecule has 6 heteroatoms. The van der Waals surface area contributed by atoms with Crippen LogP contribution in [0.4, 0.5) is 0 Å². The number of benzene rings is 7. The van der Waals surface area contributed by atoms with Crippen molar-refractivity contribution in [3.8, 4) is 67.0 Å². The van der Waals surface area contributed by atoms with Crippen molar-refractivity contribution in [1.82, 2.24) is 19.9 Å². The summed E-state index contributed by atoms with van der Waals surface area (Å²) in [4.78, 5) is 20.2. The molecule has 0 saturated heterocycles. The molecule has 0 aliphatic carbocycles. The van der Waals surface area contributed by atoms with Crippen LogP contribution in [0.5, 0.6) is 0 Å². The number of fused-ring (bicyclic) bond motifs is 4. The highest BCUT2D eigenvalue weighted by atomic mass is 32.1. The van der Waals surface area contributed by atoms with Gasteiger partial charge in [-0.25, -0.2) is 19.9 Å². The Morgan fingerprint density at radius 3 is 1.71 bits per heavy atom. The van der Waals surface area contributed by atoms with Gasteiger partial charge in [0.1, 0.15) is 5.01 Å². The molecule has 0 bridgehead atoms. The molecule has 10 rings (SSSR count). The molecule has 0 radical (unpaired) electrons. The third-order valence-corrected chi connectivity index (χ3v) is 11.6. The molecule has 0 atom stereocenters. The van der Waals surface area contributed by atoms with Gasteiger partial charge in [0, 0.05) is 42.4 Å². The Hall–Kier alpha value is -6.34. The molecule has 0 unspecified atom stereocenters. The second-order valence-corrected chi connectivity index (χ2v) is 14.8. The Kier molecular flexibility index (Phi) is 7.48. The Morgan fingerprint density at radius 2 is 0.904 bits per heavy atom. The molecule has 0 saturated carbocycles. The van der Waals surface area contributed by atoms with Crippen LogP contribution >= 0.6 is 22.7 Å². The molecule has 244 valence electrons. The van der Waals surface area contributed by atoms with E-state index in [1.54, 1.807) is 22.7 Å². The summed E-state index contributed by atoms with van der Waals surface area (Å²) >= 11 is 3.53. The van der Waals surface area contributed by atoms with Crippen LogP contribution in [0.15, 0.2) is 170 Å². The van der Waals surface area contributed by atoms with E-state index in [0.717, 1.165) is 60.4 Å². The van der Waals surface area contributed by atoms with E-state index in [4.69, 9.17) is 19.9 Å². The second-order valence-electron chi connectivity index (χ2n) is 12.7. The van der Waals surface area contributed by atoms with Crippen LogP contribution in [0.2, 0.25) is 0 Å². The highest BCUT2D eigenvalue weighted by molar-refractivity contribution is 7.26. The van der Waals surface area contributed by atoms with E-state index in [1.165, 1.54) is 19.5 Å². The van der Waals surface area contributed by atoms with E-state index < -0.39 is 0 Å². The fourth-order valence-corrected chi connectivity index (χ4v) is 8.89. The number of hydrogen-bond acceptors (Lipinski definition) is 6. The van der Waals surface area contributed by atoms with Gasteiger partial charge in [0.15, 0.2) is 17.5 Å². The van der Waals surface area contributed by atoms with E-state index in [1.807, 2.05) is 30.3 Å². The summed E-state index contributed by atoms with van der Waals surface area (Å²) in [5, 5.41) is 3.39. The van der Waals surface area contributed by atoms with Gasteiger partial charge in [0.25, 0.3) is 0 Å². The van der Waals surface area contributed by atoms with E-state index in [2.05, 4.69) is 140 Å². The van der Waals surface area contributed by atoms with Crippen LogP contribution in [-0.4, -0.2) is 19.9 Å². The van der Waals surface area contributed by atoms with Gasteiger partial charge in [0.05, 0.1) is 10.2 Å². The van der Waals surface area contributed by atoms with E-state index in [-0.39, 0.29) is 0 Å². The summed E-state index contributed by atoms with van der Waals surface area (Å²) in [5.41, 5.74) is 9.65. The minimum absolute atomic E-state index is 0.645. The Balaban J connectivity index is 1.10. The van der Waals surface area contributed by atoms with Crippen molar-refractivity contribution in [2.45, 2.75) is 0 Å². The van der Waals surface area contributed by atoms with Crippen molar-refractivity contribution in [3.05, 3.63) is 170 Å². The first-order valence-electron chi connectivity index (χ1n) is 17.1. The predicted octanol–water partition coefficient (Wildman–Crippen LogP) is 12.9. The summed E-state index contributed by atoms with van der Waals surface area (Å²) < 4.78 is 3.63. The third kappa shape index (κ3) is 5.55. The van der Waals surface area contributed by atoms with Crippen LogP contribution in [0.1, 0.15) is 0 Å². The van der Waals surface area contributed by atoms with Crippen molar-refractivity contribution in [3.63, 3.8) is 0 Å². The highest BCUT2D eigenvalue weighted by Gasteiger charge is 2.18. The van der Waals surface area contributed by atoms with Crippen molar-refractivity contribution in [1.29, 1.82) is 0 Å². The Morgan fingerprint density at radius 1 is 0.327 bits per heavy atom. The molecule has 10 aromatic rings. The van der Waals surface area contributed by atoms with Crippen molar-refractivity contribution >= 4 is 53.1 Å². The van der Waals surface area contributed by atoms with Gasteiger partial charge in [-0.2, -0.15) is 0 Å². The Bertz CT molecular complexity index is 2860. The van der Waals surface area contributed by atoms with Gasteiger partial charge in [-0.05, 0) is 58.7 Å². The maximum Gasteiger partial charge on any atom is 0.164 e. The maximum atomic E-state index is 5.18. The summed E-state index contributed by atoms with van der Waals surface area (Å²) in [6.45, 7) is 0. The SMILES string of the molecule is c1ccc(-c2cccc(-c3nc(-c4ccccc4)nc(-c4cccc5sc6ccc(-c7ccc(-c8nc9ccccc9s8)cc7)cc6c45)n3)c2)cc1. The molecule has 3 aromatic heterocycles. The lowest BCUT2D eigenvalue weighted by atomic mass is 9.99. The fraction of sp³-hybridized carbons (Fsp3) is 0. The number of aromatic nitrogens is 4. The van der Waals surface area contributed by atoms with Gasteiger partial charge in [-0.15, -0.1) is 22.7 Å². The lowest BCUT2D eigenvalue weighted by Gasteiger charge is -2.11. The number of hydrogen-bond donors (Lipinski definition) is 0. The normalized spacial score (nSPS) is 11.5. The molecular formula is C46H28N4S2. The quantitative estimate of drug-likeness (QED) is 0.173. The minimum atomic E-state index is 0.645. The number of rotatable bonds is 6. The summed E-state index contributed by atoms with van der Waals surface area (Å²) in [5.74, 6) is 1.95. The molecular weight excluding hydrogens is 673 g/mol. The van der Waals surface area contributed by atoms with Gasteiger partial charge >= 0.3 is 0 Å². The monoisotopic (exact) mass is 700 g/mol. The Labute approximate surface area is 308 Å². The van der Waals surface area contributed by atoms with Gasteiger partial charge < -0.3 is 0 Å². The first kappa shape index (κ1) is 30.5. The fourth-order valence-electron chi connectivity index (χ4n) is 6.80. The zero-order valence-corrected chi connectivity index (χ0v) is 29.4. The molecule has 0 aliphatic heterocycles. The van der Waals surface area contributed by atoms with Crippen LogP contribution in [0.3, 0.4) is 0 Å². The molecule has 7 aromatic carbocycles. The third-order valence-electron chi connectivity index (χ3n) is 9.39. The van der Waals surface area contributed by atoms with Crippen LogP contribution in [-0.2, 0) is 0 Å². The van der Waals surface area contributed by atoms with E-state index in [9.17, 15) is 0 Å². The average molecular weight is 701 g/mol. The topological polar surface area (TPSA) is 51.6 Å². The summed E-state index contributed by atoms with van der Waals surface area (Å²) in [6.07, 6.45) is 0. The molecule has 0 N–H and O–H groups in total. The van der Waals surface area contributed by atoms with Gasteiger partial charge in [-0.1, -0.05) is 133 Å². The molecule has 52 heavy (non-hydrogen) atoms. The molecule has 0 spiro atoms. The van der Waals surface area contributed by atoms with Crippen LogP contribution in [0, 0.1) is 0 Å². The predicted molar refractivity (Wildman–Crippen MR) is 219 cm³/mol. The average Bonchev–Trinajstić information content (AvgIpc) is 3.83. The largest absolute Gasteiger partial charge is 0.236 e.